The van der Waals surface area contributed by atoms with Crippen molar-refractivity contribution in [2.45, 2.75) is 6.18 Å². The third kappa shape index (κ3) is 2.10. The molecule has 8 heteroatoms. The largest absolute Gasteiger partial charge is 0.452 e. The molecule has 1 heterocycles. The second-order valence-corrected chi connectivity index (χ2v) is 4.02. The lowest BCUT2D eigenvalue weighted by atomic mass is 10.3. The number of hydrogen-bond acceptors (Lipinski definition) is 3. The number of nitrogen functional groups attached to an aromatic ring is 1. The van der Waals surface area contributed by atoms with Crippen LogP contribution in [0.5, 0.6) is 0 Å². The van der Waals surface area contributed by atoms with Gasteiger partial charge in [-0.2, -0.15) is 13.2 Å². The zero-order valence-electron chi connectivity index (χ0n) is 9.27. The average molecular weight is 274 g/mol. The molecule has 1 aromatic heterocycles. The van der Waals surface area contributed by atoms with Crippen molar-refractivity contribution in [3.8, 4) is 5.69 Å². The molecule has 0 aliphatic heterocycles. The highest BCUT2D eigenvalue weighted by molar-refractivity contribution is 7.71. The van der Waals surface area contributed by atoms with E-state index >= 15 is 0 Å². The zero-order valence-corrected chi connectivity index (χ0v) is 10.1. The molecular weight excluding hydrogens is 265 g/mol. The maximum Gasteiger partial charge on any atom is 0.452 e. The number of halogens is 3. The third-order valence-electron chi connectivity index (χ3n) is 2.31. The highest BCUT2D eigenvalue weighted by atomic mass is 32.1. The molecule has 0 unspecified atom stereocenters. The topological polar surface area (TPSA) is 48.8 Å². The predicted octanol–water partition coefficient (Wildman–Crippen LogP) is 2.54. The molecule has 4 nitrogen and oxygen atoms in total. The third-order valence-corrected chi connectivity index (χ3v) is 2.75. The summed E-state index contributed by atoms with van der Waals surface area (Å²) in [5.41, 5.74) is 6.15. The Morgan fingerprint density at radius 3 is 2.56 bits per heavy atom. The molecule has 0 fully saturated rings. The minimum Gasteiger partial charge on any atom is -0.399 e. The lowest BCUT2D eigenvalue weighted by molar-refractivity contribution is -0.146. The van der Waals surface area contributed by atoms with Gasteiger partial charge in [-0.25, -0.2) is 4.68 Å². The van der Waals surface area contributed by atoms with Gasteiger partial charge in [-0.1, -0.05) is 6.07 Å². The number of aryl methyl sites for hydroxylation is 1. The summed E-state index contributed by atoms with van der Waals surface area (Å²) in [5, 5.41) is 3.40. The van der Waals surface area contributed by atoms with E-state index in [2.05, 4.69) is 5.10 Å². The van der Waals surface area contributed by atoms with Crippen molar-refractivity contribution in [1.82, 2.24) is 14.3 Å². The highest BCUT2D eigenvalue weighted by Crippen LogP contribution is 2.30. The Bertz CT molecular complexity index is 641. The van der Waals surface area contributed by atoms with Crippen LogP contribution in [0.2, 0.25) is 0 Å². The molecule has 2 N–H and O–H groups in total. The van der Waals surface area contributed by atoms with Crippen LogP contribution in [-0.4, -0.2) is 14.3 Å². The minimum atomic E-state index is -4.58. The smallest absolute Gasteiger partial charge is 0.399 e. The summed E-state index contributed by atoms with van der Waals surface area (Å²) in [5.74, 6) is -1.07. The van der Waals surface area contributed by atoms with Gasteiger partial charge >= 0.3 is 6.18 Å². The summed E-state index contributed by atoms with van der Waals surface area (Å²) < 4.78 is 40.4. The summed E-state index contributed by atoms with van der Waals surface area (Å²) >= 11 is 4.93. The standard InChI is InChI=1S/C10H9F3N4S/c1-16-9(18)17(8(15-16)10(11,12)13)7-4-2-3-6(14)5-7/h2-5H,14H2,1H3. The fourth-order valence-corrected chi connectivity index (χ4v) is 1.78. The number of aromatic nitrogens is 3. The van der Waals surface area contributed by atoms with Crippen molar-refractivity contribution in [1.29, 1.82) is 0 Å². The van der Waals surface area contributed by atoms with Crippen molar-refractivity contribution in [3.05, 3.63) is 34.9 Å². The molecule has 0 atom stereocenters. The first-order valence-electron chi connectivity index (χ1n) is 4.90. The van der Waals surface area contributed by atoms with E-state index in [9.17, 15) is 13.2 Å². The SMILES string of the molecule is Cn1nc(C(F)(F)F)n(-c2cccc(N)c2)c1=S. The van der Waals surface area contributed by atoms with Crippen LogP contribution in [0.3, 0.4) is 0 Å². The molecule has 1 aromatic carbocycles. The van der Waals surface area contributed by atoms with Crippen LogP contribution in [-0.2, 0) is 13.2 Å². The van der Waals surface area contributed by atoms with Gasteiger partial charge < -0.3 is 5.73 Å². The Balaban J connectivity index is 2.75. The Hall–Kier alpha value is -1.83. The Morgan fingerprint density at radius 1 is 1.33 bits per heavy atom. The Morgan fingerprint density at radius 2 is 2.00 bits per heavy atom. The zero-order chi connectivity index (χ0) is 13.5. The first kappa shape index (κ1) is 12.6. The molecule has 2 rings (SSSR count). The van der Waals surface area contributed by atoms with Crippen molar-refractivity contribution in [2.24, 2.45) is 7.05 Å². The summed E-state index contributed by atoms with van der Waals surface area (Å²) in [6.07, 6.45) is -4.58. The van der Waals surface area contributed by atoms with E-state index in [-0.39, 0.29) is 10.5 Å². The van der Waals surface area contributed by atoms with Gasteiger partial charge in [0.2, 0.25) is 10.6 Å². The number of alkyl halides is 3. The first-order valence-corrected chi connectivity index (χ1v) is 5.30. The van der Waals surface area contributed by atoms with Gasteiger partial charge in [0.25, 0.3) is 0 Å². The van der Waals surface area contributed by atoms with Crippen molar-refractivity contribution in [2.75, 3.05) is 5.73 Å². The number of anilines is 1. The van der Waals surface area contributed by atoms with Gasteiger partial charge in [-0.05, 0) is 30.4 Å². The predicted molar refractivity (Wildman–Crippen MR) is 62.8 cm³/mol. The van der Waals surface area contributed by atoms with Crippen LogP contribution in [0.4, 0.5) is 18.9 Å². The van der Waals surface area contributed by atoms with E-state index in [0.717, 1.165) is 9.25 Å². The van der Waals surface area contributed by atoms with Gasteiger partial charge in [0.1, 0.15) is 0 Å². The Labute approximate surface area is 105 Å². The van der Waals surface area contributed by atoms with E-state index < -0.39 is 12.0 Å². The molecule has 0 aliphatic carbocycles. The maximum atomic E-state index is 12.9. The van der Waals surface area contributed by atoms with E-state index in [4.69, 9.17) is 18.0 Å². The quantitative estimate of drug-likeness (QED) is 0.642. The number of nitrogens with zero attached hydrogens (tertiary/aromatic N) is 3. The average Bonchev–Trinajstić information content (AvgIpc) is 2.55. The van der Waals surface area contributed by atoms with Crippen LogP contribution >= 0.6 is 12.2 Å². The van der Waals surface area contributed by atoms with E-state index in [1.54, 1.807) is 12.1 Å². The maximum absolute atomic E-state index is 12.9. The number of hydrogen-bond donors (Lipinski definition) is 1. The molecule has 0 spiro atoms. The number of benzene rings is 1. The van der Waals surface area contributed by atoms with Gasteiger partial charge in [0.05, 0.1) is 5.69 Å². The Kier molecular flexibility index (Phi) is 2.89. The van der Waals surface area contributed by atoms with Crippen molar-refractivity contribution in [3.63, 3.8) is 0 Å². The monoisotopic (exact) mass is 274 g/mol. The normalized spacial score (nSPS) is 11.8. The van der Waals surface area contributed by atoms with Crippen molar-refractivity contribution < 1.29 is 13.2 Å². The lowest BCUT2D eigenvalue weighted by Crippen LogP contribution is -2.14. The molecule has 0 aliphatic rings. The summed E-state index contributed by atoms with van der Waals surface area (Å²) in [6, 6.07) is 6.03. The summed E-state index contributed by atoms with van der Waals surface area (Å²) in [7, 11) is 1.36. The van der Waals surface area contributed by atoms with E-state index in [1.165, 1.54) is 19.2 Å². The second kappa shape index (κ2) is 4.13. The number of rotatable bonds is 1. The van der Waals surface area contributed by atoms with Crippen LogP contribution < -0.4 is 5.73 Å². The van der Waals surface area contributed by atoms with Crippen LogP contribution in [0.15, 0.2) is 24.3 Å². The molecule has 0 saturated heterocycles. The molecular formula is C10H9F3N4S. The number of nitrogens with two attached hydrogens (primary N) is 1. The van der Waals surface area contributed by atoms with Crippen molar-refractivity contribution >= 4 is 17.9 Å². The molecule has 18 heavy (non-hydrogen) atoms. The second-order valence-electron chi connectivity index (χ2n) is 3.66. The van der Waals surface area contributed by atoms with Gasteiger partial charge in [-0.15, -0.1) is 5.10 Å². The van der Waals surface area contributed by atoms with Gasteiger partial charge in [0.15, 0.2) is 0 Å². The molecule has 0 radical (unpaired) electrons. The van der Waals surface area contributed by atoms with Crippen LogP contribution in [0.25, 0.3) is 5.69 Å². The van der Waals surface area contributed by atoms with Crippen LogP contribution in [0.1, 0.15) is 5.82 Å². The van der Waals surface area contributed by atoms with Gasteiger partial charge in [-0.3, -0.25) is 4.57 Å². The van der Waals surface area contributed by atoms with Gasteiger partial charge in [0, 0.05) is 12.7 Å². The fraction of sp³-hybridized carbons (Fsp3) is 0.200. The highest BCUT2D eigenvalue weighted by Gasteiger charge is 2.38. The molecule has 0 bridgehead atoms. The molecule has 0 amide bonds. The first-order chi connectivity index (χ1) is 8.30. The van der Waals surface area contributed by atoms with E-state index in [1.807, 2.05) is 0 Å². The fourth-order valence-electron chi connectivity index (χ4n) is 1.54. The van der Waals surface area contributed by atoms with Crippen LogP contribution in [0, 0.1) is 4.77 Å². The lowest BCUT2D eigenvalue weighted by Gasteiger charge is -2.09. The molecule has 0 saturated carbocycles. The minimum absolute atomic E-state index is 0.0482. The molecule has 2 aromatic rings. The summed E-state index contributed by atoms with van der Waals surface area (Å²) in [4.78, 5) is 0. The van der Waals surface area contributed by atoms with E-state index in [0.29, 0.717) is 5.69 Å². The summed E-state index contributed by atoms with van der Waals surface area (Å²) in [6.45, 7) is 0. The molecule has 96 valence electrons.